The summed E-state index contributed by atoms with van der Waals surface area (Å²) < 4.78 is 5.50. The van der Waals surface area contributed by atoms with Crippen molar-refractivity contribution in [3.63, 3.8) is 0 Å². The van der Waals surface area contributed by atoms with Crippen molar-refractivity contribution < 1.29 is 9.53 Å². The Hall–Kier alpha value is -1.55. The average Bonchev–Trinajstić information content (AvgIpc) is 2.42. The van der Waals surface area contributed by atoms with Gasteiger partial charge in [-0.1, -0.05) is 12.1 Å². The fourth-order valence-electron chi connectivity index (χ4n) is 2.42. The van der Waals surface area contributed by atoms with Gasteiger partial charge in [0.05, 0.1) is 12.2 Å². The average molecular weight is 262 g/mol. The summed E-state index contributed by atoms with van der Waals surface area (Å²) in [6.45, 7) is 5.62. The van der Waals surface area contributed by atoms with Crippen LogP contribution in [0.5, 0.6) is 5.75 Å². The van der Waals surface area contributed by atoms with Gasteiger partial charge in [-0.05, 0) is 45.4 Å². The number of nitrogens with one attached hydrogen (secondary N) is 2. The Morgan fingerprint density at radius 3 is 3.00 bits per heavy atom. The zero-order valence-corrected chi connectivity index (χ0v) is 11.6. The Morgan fingerprint density at radius 1 is 1.47 bits per heavy atom. The summed E-state index contributed by atoms with van der Waals surface area (Å²) in [6.07, 6.45) is 2.12. The van der Waals surface area contributed by atoms with E-state index in [0.29, 0.717) is 24.0 Å². The van der Waals surface area contributed by atoms with E-state index in [4.69, 9.17) is 4.74 Å². The van der Waals surface area contributed by atoms with Crippen molar-refractivity contribution in [2.75, 3.05) is 13.2 Å². The second kappa shape index (κ2) is 6.57. The first-order valence-electron chi connectivity index (χ1n) is 6.98. The summed E-state index contributed by atoms with van der Waals surface area (Å²) in [5.41, 5.74) is 0.613. The number of piperidine rings is 1. The molecule has 1 aliphatic heterocycles. The summed E-state index contributed by atoms with van der Waals surface area (Å²) in [4.78, 5) is 12.3. The largest absolute Gasteiger partial charge is 0.493 e. The fraction of sp³-hybridized carbons (Fsp3) is 0.533. The molecule has 0 radical (unpaired) electrons. The number of hydrogen-bond donors (Lipinski definition) is 2. The Kier molecular flexibility index (Phi) is 4.80. The molecule has 19 heavy (non-hydrogen) atoms. The van der Waals surface area contributed by atoms with Crippen molar-refractivity contribution in [3.8, 4) is 5.75 Å². The molecular weight excluding hydrogens is 240 g/mol. The Balaban J connectivity index is 2.06. The topological polar surface area (TPSA) is 50.4 Å². The molecule has 104 valence electrons. The number of benzene rings is 1. The van der Waals surface area contributed by atoms with Crippen LogP contribution in [-0.2, 0) is 0 Å². The van der Waals surface area contributed by atoms with Crippen LogP contribution in [0.3, 0.4) is 0 Å². The molecule has 1 aliphatic rings. The van der Waals surface area contributed by atoms with Gasteiger partial charge in [0, 0.05) is 12.1 Å². The summed E-state index contributed by atoms with van der Waals surface area (Å²) in [7, 11) is 0. The Bertz CT molecular complexity index is 434. The maximum Gasteiger partial charge on any atom is 0.255 e. The van der Waals surface area contributed by atoms with Gasteiger partial charge in [-0.15, -0.1) is 0 Å². The molecule has 2 atom stereocenters. The van der Waals surface area contributed by atoms with Gasteiger partial charge in [-0.25, -0.2) is 0 Å². The standard InChI is InChI=1S/C15H22N2O2/c1-3-19-14-9-5-4-7-12(14)15(18)17-13-8-6-10-16-11(13)2/h4-5,7,9,11,13,16H,3,6,8,10H2,1-2H3,(H,17,18). The van der Waals surface area contributed by atoms with Crippen LogP contribution in [-0.4, -0.2) is 31.1 Å². The molecule has 1 aromatic rings. The normalized spacial score (nSPS) is 22.8. The van der Waals surface area contributed by atoms with Crippen LogP contribution in [0.1, 0.15) is 37.0 Å². The number of para-hydroxylation sites is 1. The monoisotopic (exact) mass is 262 g/mol. The van der Waals surface area contributed by atoms with Crippen LogP contribution < -0.4 is 15.4 Å². The minimum atomic E-state index is -0.0513. The highest BCUT2D eigenvalue weighted by molar-refractivity contribution is 5.97. The van der Waals surface area contributed by atoms with Gasteiger partial charge in [0.2, 0.25) is 0 Å². The molecule has 2 unspecified atom stereocenters. The van der Waals surface area contributed by atoms with Crippen LogP contribution in [0.2, 0.25) is 0 Å². The molecular formula is C15H22N2O2. The second-order valence-electron chi connectivity index (χ2n) is 4.89. The molecule has 1 saturated heterocycles. The highest BCUT2D eigenvalue weighted by Gasteiger charge is 2.23. The van der Waals surface area contributed by atoms with Crippen molar-refractivity contribution in [3.05, 3.63) is 29.8 Å². The van der Waals surface area contributed by atoms with Crippen LogP contribution in [0.15, 0.2) is 24.3 Å². The molecule has 2 N–H and O–H groups in total. The van der Waals surface area contributed by atoms with Gasteiger partial charge in [0.25, 0.3) is 5.91 Å². The third-order valence-corrected chi connectivity index (χ3v) is 3.51. The second-order valence-corrected chi connectivity index (χ2v) is 4.89. The molecule has 0 saturated carbocycles. The van der Waals surface area contributed by atoms with E-state index in [1.807, 2.05) is 25.1 Å². The van der Waals surface area contributed by atoms with Gasteiger partial charge in [-0.3, -0.25) is 4.79 Å². The number of ether oxygens (including phenoxy) is 1. The minimum Gasteiger partial charge on any atom is -0.493 e. The van der Waals surface area contributed by atoms with E-state index < -0.39 is 0 Å². The zero-order chi connectivity index (χ0) is 13.7. The lowest BCUT2D eigenvalue weighted by Crippen LogP contribution is -2.51. The van der Waals surface area contributed by atoms with E-state index in [-0.39, 0.29) is 11.9 Å². The molecule has 0 spiro atoms. The van der Waals surface area contributed by atoms with Crippen LogP contribution in [0, 0.1) is 0 Å². The number of amides is 1. The Morgan fingerprint density at radius 2 is 2.26 bits per heavy atom. The van der Waals surface area contributed by atoms with Crippen LogP contribution in [0.25, 0.3) is 0 Å². The predicted octanol–water partition coefficient (Wildman–Crippen LogP) is 1.96. The fourth-order valence-corrected chi connectivity index (χ4v) is 2.42. The molecule has 1 aromatic carbocycles. The maximum atomic E-state index is 12.3. The number of carbonyl (C=O) groups is 1. The quantitative estimate of drug-likeness (QED) is 0.872. The van der Waals surface area contributed by atoms with Crippen molar-refractivity contribution in [2.45, 2.75) is 38.8 Å². The maximum absolute atomic E-state index is 12.3. The minimum absolute atomic E-state index is 0.0513. The van der Waals surface area contributed by atoms with Crippen LogP contribution in [0.4, 0.5) is 0 Å². The first-order chi connectivity index (χ1) is 9.22. The lowest BCUT2D eigenvalue weighted by molar-refractivity contribution is 0.0916. The highest BCUT2D eigenvalue weighted by Crippen LogP contribution is 2.18. The molecule has 4 heteroatoms. The molecule has 1 amide bonds. The molecule has 0 aromatic heterocycles. The van der Waals surface area contributed by atoms with Crippen molar-refractivity contribution >= 4 is 5.91 Å². The molecule has 1 fully saturated rings. The van der Waals surface area contributed by atoms with Crippen molar-refractivity contribution in [2.24, 2.45) is 0 Å². The van der Waals surface area contributed by atoms with E-state index in [1.54, 1.807) is 6.07 Å². The van der Waals surface area contributed by atoms with Gasteiger partial charge in [0.1, 0.15) is 5.75 Å². The van der Waals surface area contributed by atoms with Crippen molar-refractivity contribution in [1.82, 2.24) is 10.6 Å². The van der Waals surface area contributed by atoms with E-state index in [9.17, 15) is 4.79 Å². The van der Waals surface area contributed by atoms with E-state index in [1.165, 1.54) is 0 Å². The van der Waals surface area contributed by atoms with E-state index in [2.05, 4.69) is 17.6 Å². The van der Waals surface area contributed by atoms with Crippen LogP contribution >= 0.6 is 0 Å². The molecule has 1 heterocycles. The van der Waals surface area contributed by atoms with Gasteiger partial charge in [0.15, 0.2) is 0 Å². The smallest absolute Gasteiger partial charge is 0.255 e. The SMILES string of the molecule is CCOc1ccccc1C(=O)NC1CCCNC1C. The third-order valence-electron chi connectivity index (χ3n) is 3.51. The lowest BCUT2D eigenvalue weighted by atomic mass is 9.99. The lowest BCUT2D eigenvalue weighted by Gasteiger charge is -2.30. The number of carbonyl (C=O) groups excluding carboxylic acids is 1. The summed E-state index contributed by atoms with van der Waals surface area (Å²) in [5, 5.41) is 6.48. The van der Waals surface area contributed by atoms with Gasteiger partial charge >= 0.3 is 0 Å². The van der Waals surface area contributed by atoms with Gasteiger partial charge < -0.3 is 15.4 Å². The number of rotatable bonds is 4. The molecule has 4 nitrogen and oxygen atoms in total. The third kappa shape index (κ3) is 3.47. The van der Waals surface area contributed by atoms with Crippen molar-refractivity contribution in [1.29, 1.82) is 0 Å². The van der Waals surface area contributed by atoms with Gasteiger partial charge in [-0.2, -0.15) is 0 Å². The highest BCUT2D eigenvalue weighted by atomic mass is 16.5. The predicted molar refractivity (Wildman–Crippen MR) is 75.6 cm³/mol. The zero-order valence-electron chi connectivity index (χ0n) is 11.6. The summed E-state index contributed by atoms with van der Waals surface area (Å²) >= 11 is 0. The van der Waals surface area contributed by atoms with E-state index in [0.717, 1.165) is 19.4 Å². The molecule has 0 aliphatic carbocycles. The first-order valence-corrected chi connectivity index (χ1v) is 6.98. The number of hydrogen-bond acceptors (Lipinski definition) is 3. The summed E-state index contributed by atoms with van der Waals surface area (Å²) in [5.74, 6) is 0.600. The van der Waals surface area contributed by atoms with E-state index >= 15 is 0 Å². The molecule has 2 rings (SSSR count). The molecule has 0 bridgehead atoms. The first kappa shape index (κ1) is 13.9. The Labute approximate surface area is 114 Å². The summed E-state index contributed by atoms with van der Waals surface area (Å²) in [6, 6.07) is 7.89.